The van der Waals surface area contributed by atoms with Gasteiger partial charge in [-0.2, -0.15) is 0 Å². The van der Waals surface area contributed by atoms with E-state index in [9.17, 15) is 4.39 Å². The van der Waals surface area contributed by atoms with Crippen molar-refractivity contribution in [3.63, 3.8) is 0 Å². The lowest BCUT2D eigenvalue weighted by atomic mass is 10.1. The molecule has 0 radical (unpaired) electrons. The predicted octanol–water partition coefficient (Wildman–Crippen LogP) is 2.94. The van der Waals surface area contributed by atoms with Crippen LogP contribution in [0.25, 0.3) is 0 Å². The van der Waals surface area contributed by atoms with Crippen LogP contribution in [0.15, 0.2) is 18.2 Å². The summed E-state index contributed by atoms with van der Waals surface area (Å²) in [5.74, 6) is -0.144. The van der Waals surface area contributed by atoms with E-state index in [1.807, 2.05) is 26.0 Å². The molecule has 1 aliphatic heterocycles. The number of hydrogen-bond donors (Lipinski definition) is 1. The lowest BCUT2D eigenvalue weighted by Gasteiger charge is -2.37. The Morgan fingerprint density at radius 2 is 1.95 bits per heavy atom. The maximum absolute atomic E-state index is 14.3. The van der Waals surface area contributed by atoms with E-state index in [4.69, 9.17) is 4.74 Å². The molecular weight excluding hydrogens is 255 g/mol. The van der Waals surface area contributed by atoms with E-state index in [1.54, 1.807) is 6.07 Å². The molecule has 2 rings (SSSR count). The third-order valence-electron chi connectivity index (χ3n) is 3.49. The summed E-state index contributed by atoms with van der Waals surface area (Å²) >= 11 is 0. The molecule has 1 heterocycles. The zero-order chi connectivity index (χ0) is 14.7. The van der Waals surface area contributed by atoms with Gasteiger partial charge in [-0.05, 0) is 31.5 Å². The number of ether oxygens (including phenoxy) is 1. The Kier molecular flexibility index (Phi) is 5.00. The van der Waals surface area contributed by atoms with Gasteiger partial charge in [0.1, 0.15) is 5.82 Å². The molecule has 112 valence electrons. The Morgan fingerprint density at radius 1 is 1.30 bits per heavy atom. The predicted molar refractivity (Wildman–Crippen MR) is 80.6 cm³/mol. The first-order valence-electron chi connectivity index (χ1n) is 7.38. The summed E-state index contributed by atoms with van der Waals surface area (Å²) in [5.41, 5.74) is 1.66. The van der Waals surface area contributed by atoms with Crippen molar-refractivity contribution in [2.75, 3.05) is 18.0 Å². The summed E-state index contributed by atoms with van der Waals surface area (Å²) in [6.07, 6.45) is 0.279. The van der Waals surface area contributed by atoms with Gasteiger partial charge in [0.05, 0.1) is 17.9 Å². The molecule has 0 saturated carbocycles. The summed E-state index contributed by atoms with van der Waals surface area (Å²) in [4.78, 5) is 2.08. The van der Waals surface area contributed by atoms with Gasteiger partial charge in [-0.15, -0.1) is 0 Å². The summed E-state index contributed by atoms with van der Waals surface area (Å²) in [7, 11) is 0. The second kappa shape index (κ2) is 6.55. The van der Waals surface area contributed by atoms with Crippen LogP contribution in [0.1, 0.15) is 33.3 Å². The van der Waals surface area contributed by atoms with Crippen LogP contribution in [-0.2, 0) is 11.3 Å². The van der Waals surface area contributed by atoms with Gasteiger partial charge in [-0.3, -0.25) is 0 Å². The van der Waals surface area contributed by atoms with Crippen LogP contribution in [0, 0.1) is 5.82 Å². The van der Waals surface area contributed by atoms with Gasteiger partial charge in [-0.25, -0.2) is 4.39 Å². The van der Waals surface area contributed by atoms with Gasteiger partial charge >= 0.3 is 0 Å². The van der Waals surface area contributed by atoms with Crippen molar-refractivity contribution in [1.82, 2.24) is 5.32 Å². The monoisotopic (exact) mass is 280 g/mol. The lowest BCUT2D eigenvalue weighted by molar-refractivity contribution is -0.00539. The van der Waals surface area contributed by atoms with Crippen LogP contribution in [0.5, 0.6) is 0 Å². The molecule has 20 heavy (non-hydrogen) atoms. The van der Waals surface area contributed by atoms with E-state index >= 15 is 0 Å². The van der Waals surface area contributed by atoms with E-state index in [0.29, 0.717) is 18.3 Å². The van der Waals surface area contributed by atoms with Crippen molar-refractivity contribution in [1.29, 1.82) is 0 Å². The number of rotatable bonds is 4. The fourth-order valence-electron chi connectivity index (χ4n) is 2.61. The highest BCUT2D eigenvalue weighted by Gasteiger charge is 2.24. The zero-order valence-corrected chi connectivity index (χ0v) is 12.8. The minimum Gasteiger partial charge on any atom is -0.372 e. The Bertz CT molecular complexity index is 440. The Morgan fingerprint density at radius 3 is 2.50 bits per heavy atom. The maximum atomic E-state index is 14.3. The Labute approximate surface area is 121 Å². The zero-order valence-electron chi connectivity index (χ0n) is 12.8. The molecule has 4 heteroatoms. The van der Waals surface area contributed by atoms with E-state index in [2.05, 4.69) is 24.1 Å². The van der Waals surface area contributed by atoms with Gasteiger partial charge in [0.15, 0.2) is 0 Å². The van der Waals surface area contributed by atoms with E-state index in [-0.39, 0.29) is 18.0 Å². The molecule has 1 N–H and O–H groups in total. The molecule has 1 aromatic carbocycles. The second-order valence-electron chi connectivity index (χ2n) is 5.98. The summed E-state index contributed by atoms with van der Waals surface area (Å²) in [6.45, 7) is 10.4. The number of hydrogen-bond acceptors (Lipinski definition) is 3. The average molecular weight is 280 g/mol. The van der Waals surface area contributed by atoms with E-state index in [1.165, 1.54) is 0 Å². The first-order chi connectivity index (χ1) is 9.45. The molecule has 0 aliphatic carbocycles. The summed E-state index contributed by atoms with van der Waals surface area (Å²) < 4.78 is 20.0. The number of nitrogens with zero attached hydrogens (tertiary/aromatic N) is 1. The molecule has 2 atom stereocenters. The molecule has 1 saturated heterocycles. The third kappa shape index (κ3) is 3.93. The molecule has 0 amide bonds. The smallest absolute Gasteiger partial charge is 0.146 e. The first-order valence-corrected chi connectivity index (χ1v) is 7.38. The number of benzene rings is 1. The van der Waals surface area contributed by atoms with Gasteiger partial charge in [0, 0.05) is 25.7 Å². The molecule has 1 fully saturated rings. The largest absolute Gasteiger partial charge is 0.372 e. The third-order valence-corrected chi connectivity index (χ3v) is 3.49. The lowest BCUT2D eigenvalue weighted by Crippen LogP contribution is -2.45. The van der Waals surface area contributed by atoms with Crippen molar-refractivity contribution < 1.29 is 9.13 Å². The van der Waals surface area contributed by atoms with Crippen LogP contribution in [0.3, 0.4) is 0 Å². The standard InChI is InChI=1S/C16H25FN2O/c1-11(2)18-8-14-5-6-16(15(17)7-14)19-9-12(3)20-13(4)10-19/h5-7,11-13,18H,8-10H2,1-4H3. The molecule has 1 aromatic rings. The topological polar surface area (TPSA) is 24.5 Å². The second-order valence-corrected chi connectivity index (χ2v) is 5.98. The summed E-state index contributed by atoms with van der Waals surface area (Å²) in [5, 5.41) is 3.30. The number of halogens is 1. The highest BCUT2D eigenvalue weighted by Crippen LogP contribution is 2.24. The van der Waals surface area contributed by atoms with Crippen LogP contribution >= 0.6 is 0 Å². The molecule has 0 bridgehead atoms. The van der Waals surface area contributed by atoms with E-state index in [0.717, 1.165) is 18.7 Å². The van der Waals surface area contributed by atoms with Gasteiger partial charge < -0.3 is 15.0 Å². The van der Waals surface area contributed by atoms with Gasteiger partial charge in [-0.1, -0.05) is 19.9 Å². The number of nitrogens with one attached hydrogen (secondary N) is 1. The molecule has 0 aromatic heterocycles. The highest BCUT2D eigenvalue weighted by atomic mass is 19.1. The molecule has 3 nitrogen and oxygen atoms in total. The summed E-state index contributed by atoms with van der Waals surface area (Å²) in [6, 6.07) is 5.92. The fourth-order valence-corrected chi connectivity index (χ4v) is 2.61. The van der Waals surface area contributed by atoms with E-state index < -0.39 is 0 Å². The van der Waals surface area contributed by atoms with Crippen molar-refractivity contribution in [2.45, 2.75) is 52.5 Å². The van der Waals surface area contributed by atoms with Crippen LogP contribution in [0.2, 0.25) is 0 Å². The SMILES string of the molecule is CC(C)NCc1ccc(N2CC(C)OC(C)C2)c(F)c1. The minimum atomic E-state index is -0.144. The van der Waals surface area contributed by atoms with Crippen molar-refractivity contribution in [3.05, 3.63) is 29.6 Å². The molecule has 1 aliphatic rings. The average Bonchev–Trinajstić information content (AvgIpc) is 2.35. The highest BCUT2D eigenvalue weighted by molar-refractivity contribution is 5.49. The Balaban J connectivity index is 2.09. The van der Waals surface area contributed by atoms with Crippen molar-refractivity contribution in [3.8, 4) is 0 Å². The van der Waals surface area contributed by atoms with Crippen molar-refractivity contribution in [2.24, 2.45) is 0 Å². The normalized spacial score (nSPS) is 23.4. The molecule has 0 spiro atoms. The Hall–Kier alpha value is -1.13. The van der Waals surface area contributed by atoms with Crippen LogP contribution < -0.4 is 10.2 Å². The van der Waals surface area contributed by atoms with Gasteiger partial charge in [0.25, 0.3) is 0 Å². The minimum absolute atomic E-state index is 0.139. The van der Waals surface area contributed by atoms with Crippen LogP contribution in [-0.4, -0.2) is 31.3 Å². The van der Waals surface area contributed by atoms with Crippen molar-refractivity contribution >= 4 is 5.69 Å². The van der Waals surface area contributed by atoms with Crippen LogP contribution in [0.4, 0.5) is 10.1 Å². The van der Waals surface area contributed by atoms with Gasteiger partial charge in [0.2, 0.25) is 0 Å². The fraction of sp³-hybridized carbons (Fsp3) is 0.625. The molecule has 2 unspecified atom stereocenters. The molecular formula is C16H25FN2O. The number of anilines is 1. The first kappa shape index (κ1) is 15.3. The maximum Gasteiger partial charge on any atom is 0.146 e. The number of morpholine rings is 1. The quantitative estimate of drug-likeness (QED) is 0.917.